The summed E-state index contributed by atoms with van der Waals surface area (Å²) in [5.41, 5.74) is -0.262. The maximum Gasteiger partial charge on any atom is 0.417 e. The van der Waals surface area contributed by atoms with E-state index in [1.165, 1.54) is 37.6 Å². The molecule has 0 aliphatic rings. The highest BCUT2D eigenvalue weighted by molar-refractivity contribution is 5.82. The molecule has 1 amide bonds. The summed E-state index contributed by atoms with van der Waals surface area (Å²) < 4.78 is 55.9. The van der Waals surface area contributed by atoms with E-state index in [0.717, 1.165) is 6.07 Å². The maximum atomic E-state index is 12.9. The van der Waals surface area contributed by atoms with Crippen LogP contribution in [0.2, 0.25) is 0 Å². The van der Waals surface area contributed by atoms with Crippen molar-refractivity contribution in [3.8, 4) is 0 Å². The molecule has 2 rings (SSSR count). The normalized spacial score (nSPS) is 12.7. The Morgan fingerprint density at radius 3 is 2.50 bits per heavy atom. The van der Waals surface area contributed by atoms with Crippen LogP contribution in [-0.2, 0) is 22.3 Å². The smallest absolute Gasteiger partial charge is 0.367 e. The summed E-state index contributed by atoms with van der Waals surface area (Å²) >= 11 is 0. The number of carbonyl (C=O) groups excluding carboxylic acids is 1. The van der Waals surface area contributed by atoms with Crippen molar-refractivity contribution < 1.29 is 27.1 Å². The number of benzene rings is 1. The average Bonchev–Trinajstić information content (AvgIpc) is 2.55. The predicted octanol–water partition coefficient (Wildman–Crippen LogP) is 3.24. The first-order chi connectivity index (χ1) is 11.3. The number of pyridine rings is 1. The molecule has 0 saturated carbocycles. The Bertz CT molecular complexity index is 702. The quantitative estimate of drug-likeness (QED) is 0.849. The van der Waals surface area contributed by atoms with Crippen LogP contribution in [0.25, 0.3) is 0 Å². The van der Waals surface area contributed by atoms with Gasteiger partial charge in [-0.3, -0.25) is 9.78 Å². The van der Waals surface area contributed by atoms with Crippen molar-refractivity contribution in [2.75, 3.05) is 7.11 Å². The summed E-state index contributed by atoms with van der Waals surface area (Å²) in [4.78, 5) is 15.7. The van der Waals surface area contributed by atoms with Gasteiger partial charge in [0.05, 0.1) is 5.56 Å². The standard InChI is InChI=1S/C16H14F4N2O2/c1-24-14(11-2-4-13(17)5-3-11)15(23)22-8-10-6-12(9-21-7-10)16(18,19)20/h2-7,9,14H,8H2,1H3,(H,22,23). The lowest BCUT2D eigenvalue weighted by molar-refractivity contribution is -0.137. The Hall–Kier alpha value is -2.48. The fourth-order valence-electron chi connectivity index (χ4n) is 2.05. The van der Waals surface area contributed by atoms with Crippen LogP contribution in [0.1, 0.15) is 22.8 Å². The molecule has 1 atom stereocenters. The summed E-state index contributed by atoms with van der Waals surface area (Å²) in [5.74, 6) is -1.01. The molecule has 0 bridgehead atoms. The molecule has 0 spiro atoms. The first kappa shape index (κ1) is 17.9. The highest BCUT2D eigenvalue weighted by atomic mass is 19.4. The van der Waals surface area contributed by atoms with E-state index in [9.17, 15) is 22.4 Å². The minimum Gasteiger partial charge on any atom is -0.367 e. The van der Waals surface area contributed by atoms with Gasteiger partial charge >= 0.3 is 6.18 Å². The number of rotatable bonds is 5. The number of nitrogens with zero attached hydrogens (tertiary/aromatic N) is 1. The molecule has 0 aliphatic heterocycles. The molecule has 0 saturated heterocycles. The van der Waals surface area contributed by atoms with Gasteiger partial charge in [-0.1, -0.05) is 12.1 Å². The van der Waals surface area contributed by atoms with Crippen molar-refractivity contribution in [2.24, 2.45) is 0 Å². The van der Waals surface area contributed by atoms with Crippen LogP contribution >= 0.6 is 0 Å². The third-order valence-corrected chi connectivity index (χ3v) is 3.24. The fraction of sp³-hybridized carbons (Fsp3) is 0.250. The summed E-state index contributed by atoms with van der Waals surface area (Å²) in [6.07, 6.45) is -3.56. The number of carbonyl (C=O) groups is 1. The van der Waals surface area contributed by atoms with Crippen LogP contribution < -0.4 is 5.32 Å². The maximum absolute atomic E-state index is 12.9. The monoisotopic (exact) mass is 342 g/mol. The Labute approximate surface area is 135 Å². The van der Waals surface area contributed by atoms with Crippen molar-refractivity contribution in [2.45, 2.75) is 18.8 Å². The van der Waals surface area contributed by atoms with E-state index in [1.54, 1.807) is 0 Å². The van der Waals surface area contributed by atoms with Crippen LogP contribution in [0.5, 0.6) is 0 Å². The van der Waals surface area contributed by atoms with E-state index >= 15 is 0 Å². The van der Waals surface area contributed by atoms with Gasteiger partial charge in [0.15, 0.2) is 6.10 Å². The highest BCUT2D eigenvalue weighted by Gasteiger charge is 2.31. The molecule has 1 aromatic carbocycles. The van der Waals surface area contributed by atoms with Crippen LogP contribution in [0.3, 0.4) is 0 Å². The second kappa shape index (κ2) is 7.39. The van der Waals surface area contributed by atoms with Crippen LogP contribution in [-0.4, -0.2) is 18.0 Å². The lowest BCUT2D eigenvalue weighted by atomic mass is 10.1. The van der Waals surface area contributed by atoms with Gasteiger partial charge in [0.25, 0.3) is 5.91 Å². The fourth-order valence-corrected chi connectivity index (χ4v) is 2.05. The number of alkyl halides is 3. The van der Waals surface area contributed by atoms with E-state index in [-0.39, 0.29) is 12.1 Å². The molecular weight excluding hydrogens is 328 g/mol. The van der Waals surface area contributed by atoms with Gasteiger partial charge in [0, 0.05) is 26.0 Å². The molecule has 1 N–H and O–H groups in total. The number of nitrogens with one attached hydrogen (secondary N) is 1. The van der Waals surface area contributed by atoms with Crippen molar-refractivity contribution in [1.82, 2.24) is 10.3 Å². The molecule has 8 heteroatoms. The van der Waals surface area contributed by atoms with Crippen LogP contribution in [0.15, 0.2) is 42.7 Å². The van der Waals surface area contributed by atoms with Crippen LogP contribution in [0, 0.1) is 5.82 Å². The summed E-state index contributed by atoms with van der Waals surface area (Å²) in [7, 11) is 1.30. The number of halogens is 4. The Morgan fingerprint density at radius 2 is 1.92 bits per heavy atom. The molecule has 128 valence electrons. The number of amides is 1. The predicted molar refractivity (Wildman–Crippen MR) is 77.2 cm³/mol. The van der Waals surface area contributed by atoms with Crippen molar-refractivity contribution >= 4 is 5.91 Å². The zero-order chi connectivity index (χ0) is 17.7. The third kappa shape index (κ3) is 4.51. The zero-order valence-electron chi connectivity index (χ0n) is 12.6. The number of methoxy groups -OCH3 is 1. The number of ether oxygens (including phenoxy) is 1. The topological polar surface area (TPSA) is 51.2 Å². The van der Waals surface area contributed by atoms with Crippen molar-refractivity contribution in [3.05, 3.63) is 65.2 Å². The lowest BCUT2D eigenvalue weighted by Crippen LogP contribution is -2.30. The zero-order valence-corrected chi connectivity index (χ0v) is 12.6. The minimum absolute atomic E-state index is 0.142. The molecule has 24 heavy (non-hydrogen) atoms. The molecule has 1 aromatic heterocycles. The van der Waals surface area contributed by atoms with E-state index in [4.69, 9.17) is 4.74 Å². The molecular formula is C16H14F4N2O2. The van der Waals surface area contributed by atoms with Gasteiger partial charge in [0.1, 0.15) is 5.82 Å². The first-order valence-electron chi connectivity index (χ1n) is 6.88. The lowest BCUT2D eigenvalue weighted by Gasteiger charge is -2.16. The largest absolute Gasteiger partial charge is 0.417 e. The number of aromatic nitrogens is 1. The van der Waals surface area contributed by atoms with E-state index < -0.39 is 29.6 Å². The molecule has 2 aromatic rings. The number of hydrogen-bond donors (Lipinski definition) is 1. The van der Waals surface area contributed by atoms with E-state index in [1.807, 2.05) is 0 Å². The van der Waals surface area contributed by atoms with Gasteiger partial charge in [-0.25, -0.2) is 4.39 Å². The highest BCUT2D eigenvalue weighted by Crippen LogP contribution is 2.28. The molecule has 0 aliphatic carbocycles. The second-order valence-corrected chi connectivity index (χ2v) is 4.96. The van der Waals surface area contributed by atoms with Crippen molar-refractivity contribution in [1.29, 1.82) is 0 Å². The molecule has 4 nitrogen and oxygen atoms in total. The summed E-state index contributed by atoms with van der Waals surface area (Å²) in [6.45, 7) is -0.142. The Kier molecular flexibility index (Phi) is 5.50. The molecule has 0 radical (unpaired) electrons. The Morgan fingerprint density at radius 1 is 1.25 bits per heavy atom. The first-order valence-corrected chi connectivity index (χ1v) is 6.88. The van der Waals surface area contributed by atoms with Crippen molar-refractivity contribution in [3.63, 3.8) is 0 Å². The van der Waals surface area contributed by atoms with Gasteiger partial charge in [-0.15, -0.1) is 0 Å². The van der Waals surface area contributed by atoms with Crippen LogP contribution in [0.4, 0.5) is 17.6 Å². The summed E-state index contributed by atoms with van der Waals surface area (Å²) in [5, 5.41) is 2.48. The van der Waals surface area contributed by atoms with E-state index in [0.29, 0.717) is 11.8 Å². The molecule has 0 fully saturated rings. The molecule has 1 heterocycles. The van der Waals surface area contributed by atoms with Gasteiger partial charge in [0.2, 0.25) is 0 Å². The summed E-state index contributed by atoms with van der Waals surface area (Å²) in [6, 6.07) is 6.08. The van der Waals surface area contributed by atoms with E-state index in [2.05, 4.69) is 10.3 Å². The second-order valence-electron chi connectivity index (χ2n) is 4.96. The minimum atomic E-state index is -4.50. The average molecular weight is 342 g/mol. The van der Waals surface area contributed by atoms with Gasteiger partial charge in [-0.2, -0.15) is 13.2 Å². The molecule has 1 unspecified atom stereocenters. The Balaban J connectivity index is 2.05. The SMILES string of the molecule is COC(C(=O)NCc1cncc(C(F)(F)F)c1)c1ccc(F)cc1. The third-order valence-electron chi connectivity index (χ3n) is 3.24. The van der Waals surface area contributed by atoms with Gasteiger partial charge in [-0.05, 0) is 29.3 Å². The number of hydrogen-bond acceptors (Lipinski definition) is 3. The van der Waals surface area contributed by atoms with Gasteiger partial charge < -0.3 is 10.1 Å².